The molecular weight excluding hydrogens is 456 g/mol. The molecule has 3 amide bonds. The third-order valence-corrected chi connectivity index (χ3v) is 7.01. The quantitative estimate of drug-likeness (QED) is 0.584. The Morgan fingerprint density at radius 3 is 2.82 bits per heavy atom. The molecule has 34 heavy (non-hydrogen) atoms. The van der Waals surface area contributed by atoms with Gasteiger partial charge < -0.3 is 25.0 Å². The van der Waals surface area contributed by atoms with E-state index < -0.39 is 0 Å². The van der Waals surface area contributed by atoms with E-state index in [4.69, 9.17) is 9.47 Å². The molecule has 2 aromatic rings. The lowest BCUT2D eigenvalue weighted by Crippen LogP contribution is -2.46. The normalized spacial score (nSPS) is 18.9. The van der Waals surface area contributed by atoms with Crippen molar-refractivity contribution >= 4 is 35.2 Å². The Bertz CT molecular complexity index is 1110. The van der Waals surface area contributed by atoms with Gasteiger partial charge in [0.1, 0.15) is 5.03 Å². The minimum absolute atomic E-state index is 0.0426. The summed E-state index contributed by atoms with van der Waals surface area (Å²) in [6, 6.07) is 8.96. The van der Waals surface area contributed by atoms with Gasteiger partial charge in [-0.05, 0) is 49.9 Å². The Balaban J connectivity index is 1.19. The SMILES string of the molecule is O=C(CSc1ncccc1C(=O)N1CCCC(C(=O)NC2CC2)C1)Nc1ccc2c(c1)OCO2. The highest BCUT2D eigenvalue weighted by molar-refractivity contribution is 8.00. The number of carbonyl (C=O) groups is 3. The highest BCUT2D eigenvalue weighted by Crippen LogP contribution is 2.34. The van der Waals surface area contributed by atoms with Crippen LogP contribution in [0.15, 0.2) is 41.6 Å². The first-order valence-corrected chi connectivity index (χ1v) is 12.4. The van der Waals surface area contributed by atoms with Gasteiger partial charge in [0.25, 0.3) is 5.91 Å². The molecule has 1 aromatic carbocycles. The van der Waals surface area contributed by atoms with Crippen LogP contribution >= 0.6 is 11.8 Å². The average Bonchev–Trinajstić information content (AvgIpc) is 3.55. The molecule has 1 aliphatic carbocycles. The molecule has 1 saturated heterocycles. The van der Waals surface area contributed by atoms with Gasteiger partial charge in [0.05, 0.1) is 17.2 Å². The number of pyridine rings is 1. The second-order valence-electron chi connectivity index (χ2n) is 8.63. The van der Waals surface area contributed by atoms with E-state index in [0.717, 1.165) is 25.7 Å². The second-order valence-corrected chi connectivity index (χ2v) is 9.60. The van der Waals surface area contributed by atoms with Crippen molar-refractivity contribution in [2.75, 3.05) is 31.0 Å². The lowest BCUT2D eigenvalue weighted by molar-refractivity contribution is -0.126. The third kappa shape index (κ3) is 5.27. The molecule has 0 bridgehead atoms. The molecule has 0 spiro atoms. The molecule has 1 unspecified atom stereocenters. The van der Waals surface area contributed by atoms with Gasteiger partial charge in [-0.1, -0.05) is 11.8 Å². The summed E-state index contributed by atoms with van der Waals surface area (Å²) in [5.41, 5.74) is 1.06. The fourth-order valence-corrected chi connectivity index (χ4v) is 4.85. The largest absolute Gasteiger partial charge is 0.454 e. The van der Waals surface area contributed by atoms with Crippen molar-refractivity contribution in [3.05, 3.63) is 42.1 Å². The predicted molar refractivity (Wildman–Crippen MR) is 126 cm³/mol. The number of ether oxygens (including phenoxy) is 2. The van der Waals surface area contributed by atoms with Crippen molar-refractivity contribution in [2.45, 2.75) is 36.8 Å². The van der Waals surface area contributed by atoms with E-state index in [1.54, 1.807) is 41.4 Å². The number of fused-ring (bicyclic) bond motifs is 1. The van der Waals surface area contributed by atoms with Gasteiger partial charge in [0.2, 0.25) is 18.6 Å². The van der Waals surface area contributed by atoms with Crippen LogP contribution in [0.2, 0.25) is 0 Å². The van der Waals surface area contributed by atoms with Gasteiger partial charge in [-0.2, -0.15) is 0 Å². The third-order valence-electron chi connectivity index (χ3n) is 6.00. The van der Waals surface area contributed by atoms with Crippen molar-refractivity contribution in [2.24, 2.45) is 5.92 Å². The van der Waals surface area contributed by atoms with Crippen LogP contribution in [-0.4, -0.2) is 59.3 Å². The summed E-state index contributed by atoms with van der Waals surface area (Å²) in [5, 5.41) is 6.38. The molecule has 10 heteroatoms. The van der Waals surface area contributed by atoms with Gasteiger partial charge in [-0.3, -0.25) is 14.4 Å². The summed E-state index contributed by atoms with van der Waals surface area (Å²) in [5.74, 6) is 0.818. The van der Waals surface area contributed by atoms with Crippen molar-refractivity contribution < 1.29 is 23.9 Å². The summed E-state index contributed by atoms with van der Waals surface area (Å²) in [6.07, 6.45) is 5.27. The van der Waals surface area contributed by atoms with Crippen LogP contribution in [0.5, 0.6) is 11.5 Å². The fraction of sp³-hybridized carbons (Fsp3) is 0.417. The van der Waals surface area contributed by atoms with Crippen molar-refractivity contribution in [3.8, 4) is 11.5 Å². The van der Waals surface area contributed by atoms with Crippen LogP contribution < -0.4 is 20.1 Å². The molecule has 1 atom stereocenters. The number of thioether (sulfide) groups is 1. The zero-order chi connectivity index (χ0) is 23.5. The van der Waals surface area contributed by atoms with Crippen LogP contribution in [0.4, 0.5) is 5.69 Å². The maximum atomic E-state index is 13.3. The van der Waals surface area contributed by atoms with Gasteiger partial charge in [0.15, 0.2) is 11.5 Å². The summed E-state index contributed by atoms with van der Waals surface area (Å²) in [4.78, 5) is 44.3. The van der Waals surface area contributed by atoms with Crippen LogP contribution in [0, 0.1) is 5.92 Å². The zero-order valence-corrected chi connectivity index (χ0v) is 19.4. The summed E-state index contributed by atoms with van der Waals surface area (Å²) in [7, 11) is 0. The lowest BCUT2D eigenvalue weighted by Gasteiger charge is -2.32. The van der Waals surface area contributed by atoms with Crippen LogP contribution in [0.25, 0.3) is 0 Å². The van der Waals surface area contributed by atoms with Crippen LogP contribution in [0.1, 0.15) is 36.0 Å². The first-order chi connectivity index (χ1) is 16.6. The number of piperidine rings is 1. The first-order valence-electron chi connectivity index (χ1n) is 11.4. The molecule has 3 heterocycles. The van der Waals surface area contributed by atoms with Gasteiger partial charge >= 0.3 is 0 Å². The Labute approximate surface area is 201 Å². The molecule has 2 fully saturated rings. The topological polar surface area (TPSA) is 110 Å². The van der Waals surface area contributed by atoms with Gasteiger partial charge in [0, 0.05) is 37.1 Å². The standard InChI is InChI=1S/C24H26N4O5S/c29-21(26-17-7-8-19-20(11-17)33-14-32-19)13-34-23-18(4-1-9-25-23)24(31)28-10-2-3-15(12-28)22(30)27-16-5-6-16/h1,4,7-9,11,15-16H,2-3,5-6,10,12-14H2,(H,26,29)(H,27,30). The molecule has 178 valence electrons. The maximum Gasteiger partial charge on any atom is 0.256 e. The molecule has 2 aliphatic heterocycles. The number of aromatic nitrogens is 1. The zero-order valence-electron chi connectivity index (χ0n) is 18.6. The molecule has 3 aliphatic rings. The van der Waals surface area contributed by atoms with Crippen LogP contribution in [0.3, 0.4) is 0 Å². The first kappa shape index (κ1) is 22.5. The fourth-order valence-electron chi connectivity index (χ4n) is 4.07. The Morgan fingerprint density at radius 1 is 1.12 bits per heavy atom. The van der Waals surface area contributed by atoms with E-state index in [1.807, 2.05) is 0 Å². The van der Waals surface area contributed by atoms with Crippen LogP contribution in [-0.2, 0) is 9.59 Å². The van der Waals surface area contributed by atoms with E-state index in [2.05, 4.69) is 15.6 Å². The number of rotatable bonds is 7. The number of benzene rings is 1. The minimum atomic E-state index is -0.220. The molecule has 9 nitrogen and oxygen atoms in total. The van der Waals surface area contributed by atoms with E-state index in [-0.39, 0.29) is 36.2 Å². The van der Waals surface area contributed by atoms with E-state index >= 15 is 0 Å². The average molecular weight is 483 g/mol. The summed E-state index contributed by atoms with van der Waals surface area (Å²) in [6.45, 7) is 1.18. The smallest absolute Gasteiger partial charge is 0.256 e. The van der Waals surface area contributed by atoms with Crippen molar-refractivity contribution in [3.63, 3.8) is 0 Å². The number of nitrogens with zero attached hydrogens (tertiary/aromatic N) is 2. The number of carbonyl (C=O) groups excluding carboxylic acids is 3. The Morgan fingerprint density at radius 2 is 1.97 bits per heavy atom. The molecule has 1 aromatic heterocycles. The number of likely N-dealkylation sites (tertiary alicyclic amines) is 1. The Kier molecular flexibility index (Phi) is 6.57. The Hall–Kier alpha value is -3.27. The summed E-state index contributed by atoms with van der Waals surface area (Å²) >= 11 is 1.21. The van der Waals surface area contributed by atoms with Gasteiger partial charge in [-0.15, -0.1) is 0 Å². The second kappa shape index (κ2) is 9.92. The number of anilines is 1. The summed E-state index contributed by atoms with van der Waals surface area (Å²) < 4.78 is 10.6. The highest BCUT2D eigenvalue weighted by atomic mass is 32.2. The number of amides is 3. The molecule has 5 rings (SSSR count). The van der Waals surface area contributed by atoms with E-state index in [9.17, 15) is 14.4 Å². The van der Waals surface area contributed by atoms with E-state index in [1.165, 1.54) is 11.8 Å². The van der Waals surface area contributed by atoms with Crippen molar-refractivity contribution in [1.82, 2.24) is 15.2 Å². The minimum Gasteiger partial charge on any atom is -0.454 e. The monoisotopic (exact) mass is 482 g/mol. The molecular formula is C24H26N4O5S. The molecule has 2 N–H and O–H groups in total. The maximum absolute atomic E-state index is 13.3. The molecule has 0 radical (unpaired) electrons. The van der Waals surface area contributed by atoms with Crippen molar-refractivity contribution in [1.29, 1.82) is 0 Å². The number of hydrogen-bond donors (Lipinski definition) is 2. The number of hydrogen-bond acceptors (Lipinski definition) is 7. The highest BCUT2D eigenvalue weighted by Gasteiger charge is 2.33. The number of nitrogens with one attached hydrogen (secondary N) is 2. The van der Waals surface area contributed by atoms with E-state index in [0.29, 0.717) is 46.9 Å². The van der Waals surface area contributed by atoms with Gasteiger partial charge in [-0.25, -0.2) is 4.98 Å². The molecule has 1 saturated carbocycles. The lowest BCUT2D eigenvalue weighted by atomic mass is 9.96. The predicted octanol–water partition coefficient (Wildman–Crippen LogP) is 2.67.